The summed E-state index contributed by atoms with van der Waals surface area (Å²) in [5.74, 6) is 0.204. The normalized spacial score (nSPS) is 11.9. The molecule has 3 aromatic rings. The molecular weight excluding hydrogens is 374 g/mol. The molecule has 0 spiro atoms. The van der Waals surface area contributed by atoms with Crippen molar-refractivity contribution in [3.8, 4) is 22.7 Å². The summed E-state index contributed by atoms with van der Waals surface area (Å²) in [4.78, 5) is 25.8. The zero-order valence-corrected chi connectivity index (χ0v) is 16.7. The SMILES string of the molecule is COC[C@H](C)NC(=O)c1cc(-c2ccc(OC)cc2)nn(-c2cnn(C)c2)c1=O. The lowest BCUT2D eigenvalue weighted by Gasteiger charge is -2.14. The van der Waals surface area contributed by atoms with Crippen molar-refractivity contribution in [3.05, 3.63) is 58.6 Å². The van der Waals surface area contributed by atoms with E-state index in [1.54, 1.807) is 51.2 Å². The van der Waals surface area contributed by atoms with Gasteiger partial charge in [-0.25, -0.2) is 0 Å². The highest BCUT2D eigenvalue weighted by Crippen LogP contribution is 2.21. The van der Waals surface area contributed by atoms with Crippen LogP contribution < -0.4 is 15.6 Å². The predicted octanol–water partition coefficient (Wildman–Crippen LogP) is 1.41. The number of nitrogens with zero attached hydrogens (tertiary/aromatic N) is 4. The molecule has 0 radical (unpaired) electrons. The van der Waals surface area contributed by atoms with E-state index in [0.717, 1.165) is 5.56 Å². The van der Waals surface area contributed by atoms with Crippen molar-refractivity contribution in [1.82, 2.24) is 24.9 Å². The van der Waals surface area contributed by atoms with E-state index in [9.17, 15) is 9.59 Å². The third-order valence-electron chi connectivity index (χ3n) is 4.27. The maximum absolute atomic E-state index is 13.0. The molecule has 0 aliphatic carbocycles. The van der Waals surface area contributed by atoms with Gasteiger partial charge in [-0.1, -0.05) is 0 Å². The molecule has 0 aliphatic rings. The number of hydrogen-bond acceptors (Lipinski definition) is 6. The van der Waals surface area contributed by atoms with Gasteiger partial charge in [0.2, 0.25) is 0 Å². The molecule has 29 heavy (non-hydrogen) atoms. The number of aryl methyl sites for hydroxylation is 1. The number of carbonyl (C=O) groups excluding carboxylic acids is 1. The highest BCUT2D eigenvalue weighted by Gasteiger charge is 2.19. The van der Waals surface area contributed by atoms with Crippen LogP contribution in [0.1, 0.15) is 17.3 Å². The molecule has 1 aromatic carbocycles. The Morgan fingerprint density at radius 1 is 1.24 bits per heavy atom. The average Bonchev–Trinajstić information content (AvgIpc) is 3.14. The molecule has 0 unspecified atom stereocenters. The summed E-state index contributed by atoms with van der Waals surface area (Å²) < 4.78 is 13.0. The molecular formula is C20H23N5O4. The summed E-state index contributed by atoms with van der Waals surface area (Å²) in [7, 11) is 4.87. The number of rotatable bonds is 7. The van der Waals surface area contributed by atoms with E-state index in [0.29, 0.717) is 23.7 Å². The second kappa shape index (κ2) is 8.70. The average molecular weight is 397 g/mol. The molecule has 0 fully saturated rings. The molecule has 9 heteroatoms. The molecule has 0 aliphatic heterocycles. The first-order valence-corrected chi connectivity index (χ1v) is 9.00. The summed E-state index contributed by atoms with van der Waals surface area (Å²) in [5.41, 5.74) is 1.13. The first-order chi connectivity index (χ1) is 13.9. The van der Waals surface area contributed by atoms with E-state index in [1.807, 2.05) is 12.1 Å². The molecule has 9 nitrogen and oxygen atoms in total. The number of nitrogens with one attached hydrogen (secondary N) is 1. The fourth-order valence-corrected chi connectivity index (χ4v) is 2.85. The lowest BCUT2D eigenvalue weighted by molar-refractivity contribution is 0.0903. The first-order valence-electron chi connectivity index (χ1n) is 9.00. The quantitative estimate of drug-likeness (QED) is 0.647. The van der Waals surface area contributed by atoms with Gasteiger partial charge in [-0.2, -0.15) is 14.9 Å². The highest BCUT2D eigenvalue weighted by atomic mass is 16.5. The fourth-order valence-electron chi connectivity index (χ4n) is 2.85. The Labute approximate surface area is 167 Å². The van der Waals surface area contributed by atoms with Crippen LogP contribution in [-0.4, -0.2) is 52.3 Å². The number of amides is 1. The first kappa shape index (κ1) is 20.3. The van der Waals surface area contributed by atoms with Gasteiger partial charge in [0.1, 0.15) is 17.0 Å². The van der Waals surface area contributed by atoms with Crippen LogP contribution in [0, 0.1) is 0 Å². The molecule has 0 bridgehead atoms. The van der Waals surface area contributed by atoms with Gasteiger partial charge >= 0.3 is 0 Å². The van der Waals surface area contributed by atoms with Crippen molar-refractivity contribution in [2.24, 2.45) is 7.05 Å². The van der Waals surface area contributed by atoms with Crippen molar-refractivity contribution in [2.45, 2.75) is 13.0 Å². The molecule has 0 saturated carbocycles. The Bertz CT molecular complexity index is 1060. The summed E-state index contributed by atoms with van der Waals surface area (Å²) in [5, 5.41) is 11.3. The maximum Gasteiger partial charge on any atom is 0.284 e. The van der Waals surface area contributed by atoms with Crippen LogP contribution in [0.2, 0.25) is 0 Å². The molecule has 2 aromatic heterocycles. The highest BCUT2D eigenvalue weighted by molar-refractivity contribution is 5.95. The maximum atomic E-state index is 13.0. The van der Waals surface area contributed by atoms with Crippen molar-refractivity contribution >= 4 is 5.91 Å². The number of methoxy groups -OCH3 is 2. The Hall–Kier alpha value is -3.46. The number of hydrogen-bond donors (Lipinski definition) is 1. The van der Waals surface area contributed by atoms with Gasteiger partial charge in [-0.15, -0.1) is 0 Å². The number of carbonyl (C=O) groups is 1. The molecule has 152 valence electrons. The van der Waals surface area contributed by atoms with Gasteiger partial charge in [-0.05, 0) is 37.3 Å². The Kier molecular flexibility index (Phi) is 6.08. The lowest BCUT2D eigenvalue weighted by Crippen LogP contribution is -2.39. The van der Waals surface area contributed by atoms with Gasteiger partial charge in [0, 0.05) is 25.8 Å². The predicted molar refractivity (Wildman–Crippen MR) is 107 cm³/mol. The van der Waals surface area contributed by atoms with Crippen molar-refractivity contribution < 1.29 is 14.3 Å². The fraction of sp³-hybridized carbons (Fsp3) is 0.300. The van der Waals surface area contributed by atoms with Crippen LogP contribution in [0.25, 0.3) is 16.9 Å². The van der Waals surface area contributed by atoms with Crippen molar-refractivity contribution in [2.75, 3.05) is 20.8 Å². The zero-order valence-electron chi connectivity index (χ0n) is 16.7. The second-order valence-electron chi connectivity index (χ2n) is 6.59. The van der Waals surface area contributed by atoms with E-state index in [1.165, 1.54) is 16.9 Å². The summed E-state index contributed by atoms with van der Waals surface area (Å²) in [6.45, 7) is 2.13. The Morgan fingerprint density at radius 2 is 1.97 bits per heavy atom. The van der Waals surface area contributed by atoms with E-state index < -0.39 is 11.5 Å². The minimum atomic E-state index is -0.530. The molecule has 1 amide bonds. The number of benzene rings is 1. The molecule has 0 saturated heterocycles. The van der Waals surface area contributed by atoms with E-state index in [-0.39, 0.29) is 11.6 Å². The number of ether oxygens (including phenoxy) is 2. The minimum Gasteiger partial charge on any atom is -0.497 e. The van der Waals surface area contributed by atoms with Gasteiger partial charge in [0.05, 0.1) is 31.8 Å². The number of aromatic nitrogens is 4. The van der Waals surface area contributed by atoms with Crippen LogP contribution in [0.15, 0.2) is 47.5 Å². The van der Waals surface area contributed by atoms with Gasteiger partial charge in [0.25, 0.3) is 11.5 Å². The second-order valence-corrected chi connectivity index (χ2v) is 6.59. The standard InChI is InChI=1S/C20H23N5O4/c1-13(12-28-3)22-19(26)17-9-18(14-5-7-16(29-4)8-6-14)23-25(20(17)27)15-10-21-24(2)11-15/h5-11,13H,12H2,1-4H3,(H,22,26)/t13-/m0/s1. The van der Waals surface area contributed by atoms with Crippen LogP contribution in [0.3, 0.4) is 0 Å². The van der Waals surface area contributed by atoms with Crippen molar-refractivity contribution in [1.29, 1.82) is 0 Å². The van der Waals surface area contributed by atoms with Crippen LogP contribution >= 0.6 is 0 Å². The third kappa shape index (κ3) is 4.52. The van der Waals surface area contributed by atoms with E-state index in [4.69, 9.17) is 9.47 Å². The topological polar surface area (TPSA) is 100 Å². The van der Waals surface area contributed by atoms with Crippen molar-refractivity contribution in [3.63, 3.8) is 0 Å². The van der Waals surface area contributed by atoms with Crippen LogP contribution in [0.4, 0.5) is 0 Å². The summed E-state index contributed by atoms with van der Waals surface area (Å²) in [6.07, 6.45) is 3.17. The lowest BCUT2D eigenvalue weighted by atomic mass is 10.1. The van der Waals surface area contributed by atoms with Gasteiger partial charge in [0.15, 0.2) is 0 Å². The van der Waals surface area contributed by atoms with Crippen LogP contribution in [-0.2, 0) is 11.8 Å². The van der Waals surface area contributed by atoms with Gasteiger partial charge < -0.3 is 14.8 Å². The summed E-state index contributed by atoms with van der Waals surface area (Å²) in [6, 6.07) is 8.44. The third-order valence-corrected chi connectivity index (χ3v) is 4.27. The molecule has 3 rings (SSSR count). The monoisotopic (exact) mass is 397 g/mol. The molecule has 1 atom stereocenters. The van der Waals surface area contributed by atoms with E-state index >= 15 is 0 Å². The van der Waals surface area contributed by atoms with E-state index in [2.05, 4.69) is 15.5 Å². The smallest absolute Gasteiger partial charge is 0.284 e. The zero-order chi connectivity index (χ0) is 21.0. The van der Waals surface area contributed by atoms with Crippen LogP contribution in [0.5, 0.6) is 5.75 Å². The summed E-state index contributed by atoms with van der Waals surface area (Å²) >= 11 is 0. The van der Waals surface area contributed by atoms with Gasteiger partial charge in [-0.3, -0.25) is 14.3 Å². The molecule has 1 N–H and O–H groups in total. The Balaban J connectivity index is 2.11. The minimum absolute atomic E-state index is 0.0161. The molecule has 2 heterocycles. The Morgan fingerprint density at radius 3 is 2.55 bits per heavy atom. The largest absolute Gasteiger partial charge is 0.497 e.